The van der Waals surface area contributed by atoms with Crippen LogP contribution in [0.1, 0.15) is 46.4 Å². The maximum atomic E-state index is 12.8. The Labute approximate surface area is 151 Å². The number of aromatic nitrogens is 1. The summed E-state index contributed by atoms with van der Waals surface area (Å²) in [4.78, 5) is 17.4. The van der Waals surface area contributed by atoms with E-state index >= 15 is 0 Å². The number of aromatic amines is 1. The number of alkyl halides is 3. The van der Waals surface area contributed by atoms with Gasteiger partial charge in [0.25, 0.3) is 5.91 Å². The Hall–Kier alpha value is -2.24. The Morgan fingerprint density at radius 2 is 2.12 bits per heavy atom. The average Bonchev–Trinajstić information content (AvgIpc) is 3.05. The number of rotatable bonds is 4. The molecule has 140 valence electrons. The van der Waals surface area contributed by atoms with Crippen LogP contribution in [-0.4, -0.2) is 28.9 Å². The highest BCUT2D eigenvalue weighted by Gasteiger charge is 2.30. The Morgan fingerprint density at radius 3 is 2.81 bits per heavy atom. The number of benzene rings is 1. The zero-order valence-electron chi connectivity index (χ0n) is 14.8. The third kappa shape index (κ3) is 4.48. The monoisotopic (exact) mass is 364 g/mol. The standard InChI is InChI=1S/C20H23F3N2O/c1-14-10-18(24-12-14)19(26)25-9-3-5-16(13-25)8-7-15-4-2-6-17(11-15)20(21,22)23/h2,4,6,10-12,16,24H,3,5,7-9,13H2,1H3. The van der Waals surface area contributed by atoms with Gasteiger partial charge in [-0.2, -0.15) is 13.2 Å². The molecular formula is C20H23F3N2O. The highest BCUT2D eigenvalue weighted by atomic mass is 19.4. The van der Waals surface area contributed by atoms with Gasteiger partial charge in [-0.15, -0.1) is 0 Å². The third-order valence-electron chi connectivity index (χ3n) is 4.96. The molecule has 2 heterocycles. The minimum Gasteiger partial charge on any atom is -0.357 e. The van der Waals surface area contributed by atoms with Crippen molar-refractivity contribution >= 4 is 5.91 Å². The summed E-state index contributed by atoms with van der Waals surface area (Å²) >= 11 is 0. The molecule has 3 nitrogen and oxygen atoms in total. The van der Waals surface area contributed by atoms with Crippen LogP contribution in [0, 0.1) is 12.8 Å². The number of halogens is 3. The number of likely N-dealkylation sites (tertiary alicyclic amines) is 1. The van der Waals surface area contributed by atoms with E-state index in [0.717, 1.165) is 37.4 Å². The minimum absolute atomic E-state index is 0.00173. The fourth-order valence-electron chi connectivity index (χ4n) is 3.56. The van der Waals surface area contributed by atoms with Crippen LogP contribution in [0.15, 0.2) is 36.5 Å². The van der Waals surface area contributed by atoms with Gasteiger partial charge in [-0.3, -0.25) is 4.79 Å². The number of nitrogens with zero attached hydrogens (tertiary/aromatic N) is 1. The summed E-state index contributed by atoms with van der Waals surface area (Å²) in [5.41, 5.74) is 1.72. The van der Waals surface area contributed by atoms with Crippen molar-refractivity contribution in [2.75, 3.05) is 13.1 Å². The molecule has 0 aliphatic carbocycles. The minimum atomic E-state index is -4.31. The summed E-state index contributed by atoms with van der Waals surface area (Å²) < 4.78 is 38.5. The van der Waals surface area contributed by atoms with Gasteiger partial charge in [0.2, 0.25) is 0 Å². The molecule has 1 aliphatic heterocycles. The Kier molecular flexibility index (Phi) is 5.39. The number of hydrogen-bond donors (Lipinski definition) is 1. The lowest BCUT2D eigenvalue weighted by Crippen LogP contribution is -2.40. The maximum Gasteiger partial charge on any atom is 0.416 e. The van der Waals surface area contributed by atoms with E-state index in [4.69, 9.17) is 0 Å². The molecule has 0 bridgehead atoms. The van der Waals surface area contributed by atoms with E-state index in [1.807, 2.05) is 24.1 Å². The van der Waals surface area contributed by atoms with E-state index < -0.39 is 11.7 Å². The summed E-state index contributed by atoms with van der Waals surface area (Å²) in [6.07, 6.45) is 0.818. The van der Waals surface area contributed by atoms with Crippen molar-refractivity contribution < 1.29 is 18.0 Å². The van der Waals surface area contributed by atoms with Gasteiger partial charge < -0.3 is 9.88 Å². The van der Waals surface area contributed by atoms with Crippen molar-refractivity contribution in [3.8, 4) is 0 Å². The first-order chi connectivity index (χ1) is 12.3. The Balaban J connectivity index is 1.58. The molecule has 1 fully saturated rings. The lowest BCUT2D eigenvalue weighted by Gasteiger charge is -2.32. The second-order valence-electron chi connectivity index (χ2n) is 7.09. The van der Waals surface area contributed by atoms with E-state index in [9.17, 15) is 18.0 Å². The van der Waals surface area contributed by atoms with E-state index in [1.54, 1.807) is 6.07 Å². The lowest BCUT2D eigenvalue weighted by atomic mass is 9.91. The first-order valence-corrected chi connectivity index (χ1v) is 8.93. The summed E-state index contributed by atoms with van der Waals surface area (Å²) in [5.74, 6) is 0.320. The van der Waals surface area contributed by atoms with E-state index in [2.05, 4.69) is 4.98 Å². The molecule has 6 heteroatoms. The molecular weight excluding hydrogens is 341 g/mol. The van der Waals surface area contributed by atoms with E-state index in [1.165, 1.54) is 12.1 Å². The molecule has 1 atom stereocenters. The molecule has 1 aliphatic rings. The number of carbonyl (C=O) groups is 1. The molecule has 0 saturated carbocycles. The number of H-pyrrole nitrogens is 1. The SMILES string of the molecule is Cc1c[nH]c(C(=O)N2CCCC(CCc3cccc(C(F)(F)F)c3)C2)c1. The molecule has 1 N–H and O–H groups in total. The number of nitrogens with one attached hydrogen (secondary N) is 1. The van der Waals surface area contributed by atoms with E-state index in [0.29, 0.717) is 30.1 Å². The largest absolute Gasteiger partial charge is 0.416 e. The predicted molar refractivity (Wildman–Crippen MR) is 93.9 cm³/mol. The van der Waals surface area contributed by atoms with Crippen molar-refractivity contribution in [3.05, 3.63) is 58.9 Å². The van der Waals surface area contributed by atoms with Crippen molar-refractivity contribution in [3.63, 3.8) is 0 Å². The van der Waals surface area contributed by atoms with Gasteiger partial charge in [0, 0.05) is 19.3 Å². The Morgan fingerprint density at radius 1 is 1.31 bits per heavy atom. The van der Waals surface area contributed by atoms with Gasteiger partial charge in [0.1, 0.15) is 5.69 Å². The highest BCUT2D eigenvalue weighted by molar-refractivity contribution is 5.92. The maximum absolute atomic E-state index is 12.8. The first-order valence-electron chi connectivity index (χ1n) is 8.93. The number of amides is 1. The number of piperidine rings is 1. The molecule has 1 saturated heterocycles. The molecule has 2 aromatic rings. The van der Waals surface area contributed by atoms with Gasteiger partial charge in [0.15, 0.2) is 0 Å². The lowest BCUT2D eigenvalue weighted by molar-refractivity contribution is -0.137. The van der Waals surface area contributed by atoms with Crippen LogP contribution in [0.3, 0.4) is 0 Å². The normalized spacial score (nSPS) is 18.2. The summed E-state index contributed by atoms with van der Waals surface area (Å²) in [5, 5.41) is 0. The van der Waals surface area contributed by atoms with Crippen molar-refractivity contribution in [1.82, 2.24) is 9.88 Å². The number of hydrogen-bond acceptors (Lipinski definition) is 1. The first kappa shape index (κ1) is 18.5. The Bertz CT molecular complexity index is 766. The smallest absolute Gasteiger partial charge is 0.357 e. The molecule has 26 heavy (non-hydrogen) atoms. The fourth-order valence-corrected chi connectivity index (χ4v) is 3.56. The molecule has 1 unspecified atom stereocenters. The summed E-state index contributed by atoms with van der Waals surface area (Å²) in [6.45, 7) is 3.33. The fraction of sp³-hybridized carbons (Fsp3) is 0.450. The summed E-state index contributed by atoms with van der Waals surface area (Å²) in [6, 6.07) is 7.37. The van der Waals surface area contributed by atoms with Crippen molar-refractivity contribution in [2.45, 2.75) is 38.8 Å². The quantitative estimate of drug-likeness (QED) is 0.829. The zero-order valence-corrected chi connectivity index (χ0v) is 14.8. The van der Waals surface area contributed by atoms with Gasteiger partial charge in [0.05, 0.1) is 5.56 Å². The number of aryl methyl sites for hydroxylation is 2. The average molecular weight is 364 g/mol. The number of carbonyl (C=O) groups excluding carboxylic acids is 1. The summed E-state index contributed by atoms with van der Waals surface area (Å²) in [7, 11) is 0. The van der Waals surface area contributed by atoms with Crippen LogP contribution >= 0.6 is 0 Å². The predicted octanol–water partition coefficient (Wildman–Crippen LogP) is 4.83. The van der Waals surface area contributed by atoms with Crippen LogP contribution < -0.4 is 0 Å². The molecule has 0 radical (unpaired) electrons. The van der Waals surface area contributed by atoms with Gasteiger partial charge in [-0.05, 0) is 61.8 Å². The van der Waals surface area contributed by atoms with Crippen LogP contribution in [0.2, 0.25) is 0 Å². The van der Waals surface area contributed by atoms with Crippen molar-refractivity contribution in [2.24, 2.45) is 5.92 Å². The van der Waals surface area contributed by atoms with Gasteiger partial charge in [-0.1, -0.05) is 18.2 Å². The van der Waals surface area contributed by atoms with Crippen molar-refractivity contribution in [1.29, 1.82) is 0 Å². The van der Waals surface area contributed by atoms with Crippen LogP contribution in [0.5, 0.6) is 0 Å². The molecule has 1 aromatic heterocycles. The van der Waals surface area contributed by atoms with E-state index in [-0.39, 0.29) is 5.91 Å². The zero-order chi connectivity index (χ0) is 18.7. The molecule has 1 amide bonds. The molecule has 1 aromatic carbocycles. The highest BCUT2D eigenvalue weighted by Crippen LogP contribution is 2.30. The molecule has 0 spiro atoms. The third-order valence-corrected chi connectivity index (χ3v) is 4.96. The van der Waals surface area contributed by atoms with Gasteiger partial charge in [-0.25, -0.2) is 0 Å². The second-order valence-corrected chi connectivity index (χ2v) is 7.09. The van der Waals surface area contributed by atoms with Crippen LogP contribution in [0.25, 0.3) is 0 Å². The molecule has 3 rings (SSSR count). The topological polar surface area (TPSA) is 36.1 Å². The van der Waals surface area contributed by atoms with Gasteiger partial charge >= 0.3 is 6.18 Å². The second kappa shape index (κ2) is 7.56. The van der Waals surface area contributed by atoms with Crippen LogP contribution in [-0.2, 0) is 12.6 Å². The van der Waals surface area contributed by atoms with Crippen LogP contribution in [0.4, 0.5) is 13.2 Å².